The lowest BCUT2D eigenvalue weighted by molar-refractivity contribution is 0.633. The number of pyridine rings is 1. The van der Waals surface area contributed by atoms with E-state index in [1.807, 2.05) is 12.1 Å². The molecule has 14 heavy (non-hydrogen) atoms. The van der Waals surface area contributed by atoms with Crippen LogP contribution in [-0.4, -0.2) is 23.8 Å². The summed E-state index contributed by atoms with van der Waals surface area (Å²) in [7, 11) is 1.75. The van der Waals surface area contributed by atoms with Crippen molar-refractivity contribution >= 4 is 11.9 Å². The lowest BCUT2D eigenvalue weighted by atomic mass is 10.1. The molecule has 0 bridgehead atoms. The van der Waals surface area contributed by atoms with Crippen LogP contribution in [0.25, 0.3) is 0 Å². The molecule has 0 aliphatic heterocycles. The topological polar surface area (TPSA) is 37.3 Å². The molecule has 3 nitrogen and oxygen atoms in total. The summed E-state index contributed by atoms with van der Waals surface area (Å²) in [5.74, 6) is 0. The fraction of sp³-hybridized carbons (Fsp3) is 0.455. The summed E-state index contributed by atoms with van der Waals surface area (Å²) in [5, 5.41) is 3.38. The van der Waals surface area contributed by atoms with E-state index in [1.54, 1.807) is 19.5 Å². The summed E-state index contributed by atoms with van der Waals surface area (Å²) in [6.45, 7) is 6.35. The van der Waals surface area contributed by atoms with Gasteiger partial charge >= 0.3 is 0 Å². The van der Waals surface area contributed by atoms with Crippen molar-refractivity contribution in [2.75, 3.05) is 12.4 Å². The van der Waals surface area contributed by atoms with Crippen LogP contribution < -0.4 is 5.32 Å². The number of aliphatic imine (C=N–C) groups is 1. The minimum Gasteiger partial charge on any atom is -0.379 e. The zero-order chi connectivity index (χ0) is 10.6. The first kappa shape index (κ1) is 10.7. The van der Waals surface area contributed by atoms with E-state index in [0.29, 0.717) is 0 Å². The summed E-state index contributed by atoms with van der Waals surface area (Å²) >= 11 is 0. The standard InChI is InChI=1S/C11H17N3/c1-11(2,3)14-9-6-5-7-13-10(9)8-12-4/h5-8,14H,1-4H3. The van der Waals surface area contributed by atoms with Gasteiger partial charge in [0.05, 0.1) is 5.69 Å². The van der Waals surface area contributed by atoms with E-state index < -0.39 is 0 Å². The van der Waals surface area contributed by atoms with Crippen molar-refractivity contribution in [1.29, 1.82) is 0 Å². The minimum absolute atomic E-state index is 0.0410. The van der Waals surface area contributed by atoms with Gasteiger partial charge in [-0.3, -0.25) is 9.98 Å². The number of hydrogen-bond acceptors (Lipinski definition) is 3. The largest absolute Gasteiger partial charge is 0.379 e. The SMILES string of the molecule is CN=Cc1ncccc1NC(C)(C)C. The molecule has 0 atom stereocenters. The third-order valence-electron chi connectivity index (χ3n) is 1.60. The van der Waals surface area contributed by atoms with Gasteiger partial charge in [0.15, 0.2) is 0 Å². The first-order chi connectivity index (χ1) is 6.53. The van der Waals surface area contributed by atoms with Crippen molar-refractivity contribution in [3.63, 3.8) is 0 Å². The molecule has 1 rings (SSSR count). The molecule has 0 spiro atoms. The smallest absolute Gasteiger partial charge is 0.104 e. The third kappa shape index (κ3) is 3.17. The zero-order valence-electron chi connectivity index (χ0n) is 9.20. The van der Waals surface area contributed by atoms with Crippen LogP contribution in [0.3, 0.4) is 0 Å². The molecule has 1 N–H and O–H groups in total. The normalized spacial score (nSPS) is 12.0. The van der Waals surface area contributed by atoms with Gasteiger partial charge < -0.3 is 5.32 Å². The van der Waals surface area contributed by atoms with Crippen molar-refractivity contribution < 1.29 is 0 Å². The summed E-state index contributed by atoms with van der Waals surface area (Å²) < 4.78 is 0. The molecule has 0 amide bonds. The molecule has 1 heterocycles. The molecule has 0 saturated heterocycles. The number of nitrogens with zero attached hydrogens (tertiary/aromatic N) is 2. The highest BCUT2D eigenvalue weighted by Crippen LogP contribution is 2.16. The Balaban J connectivity index is 2.96. The summed E-state index contributed by atoms with van der Waals surface area (Å²) in [6, 6.07) is 3.93. The first-order valence-corrected chi connectivity index (χ1v) is 4.68. The van der Waals surface area contributed by atoms with Crippen molar-refractivity contribution in [1.82, 2.24) is 4.98 Å². The van der Waals surface area contributed by atoms with E-state index in [1.165, 1.54) is 0 Å². The van der Waals surface area contributed by atoms with Gasteiger partial charge in [-0.25, -0.2) is 0 Å². The molecule has 1 aromatic heterocycles. The van der Waals surface area contributed by atoms with E-state index >= 15 is 0 Å². The van der Waals surface area contributed by atoms with Crippen LogP contribution in [0.2, 0.25) is 0 Å². The first-order valence-electron chi connectivity index (χ1n) is 4.68. The molecule has 0 saturated carbocycles. The van der Waals surface area contributed by atoms with Gasteiger partial charge in [0.2, 0.25) is 0 Å². The highest BCUT2D eigenvalue weighted by atomic mass is 15.0. The second-order valence-electron chi connectivity index (χ2n) is 4.20. The Morgan fingerprint density at radius 2 is 2.14 bits per heavy atom. The van der Waals surface area contributed by atoms with Crippen LogP contribution in [0.4, 0.5) is 5.69 Å². The van der Waals surface area contributed by atoms with Crippen molar-refractivity contribution in [3.05, 3.63) is 24.0 Å². The number of aromatic nitrogens is 1. The lowest BCUT2D eigenvalue weighted by Crippen LogP contribution is -2.26. The van der Waals surface area contributed by atoms with Gasteiger partial charge in [0.25, 0.3) is 0 Å². The predicted molar refractivity (Wildman–Crippen MR) is 61.1 cm³/mol. The third-order valence-corrected chi connectivity index (χ3v) is 1.60. The molecule has 0 fully saturated rings. The van der Waals surface area contributed by atoms with Crippen LogP contribution in [0.5, 0.6) is 0 Å². The molecular weight excluding hydrogens is 174 g/mol. The van der Waals surface area contributed by atoms with E-state index in [0.717, 1.165) is 11.4 Å². The Morgan fingerprint density at radius 3 is 2.71 bits per heavy atom. The maximum atomic E-state index is 4.24. The van der Waals surface area contributed by atoms with Crippen LogP contribution in [0.1, 0.15) is 26.5 Å². The Kier molecular flexibility index (Phi) is 3.23. The van der Waals surface area contributed by atoms with Crippen molar-refractivity contribution in [3.8, 4) is 0 Å². The van der Waals surface area contributed by atoms with E-state index in [4.69, 9.17) is 0 Å². The van der Waals surface area contributed by atoms with Crippen LogP contribution >= 0.6 is 0 Å². The molecular formula is C11H17N3. The van der Waals surface area contributed by atoms with Crippen molar-refractivity contribution in [2.24, 2.45) is 4.99 Å². The second kappa shape index (κ2) is 4.22. The average Bonchev–Trinajstić information content (AvgIpc) is 2.06. The molecule has 3 heteroatoms. The molecule has 0 radical (unpaired) electrons. The van der Waals surface area contributed by atoms with Gasteiger partial charge in [-0.1, -0.05) is 0 Å². The van der Waals surface area contributed by atoms with E-state index in [-0.39, 0.29) is 5.54 Å². The van der Waals surface area contributed by atoms with E-state index in [2.05, 4.69) is 36.1 Å². The monoisotopic (exact) mass is 191 g/mol. The van der Waals surface area contributed by atoms with Crippen LogP contribution in [-0.2, 0) is 0 Å². The summed E-state index contributed by atoms with van der Waals surface area (Å²) in [5.41, 5.74) is 1.94. The van der Waals surface area contributed by atoms with E-state index in [9.17, 15) is 0 Å². The number of nitrogens with one attached hydrogen (secondary N) is 1. The molecule has 0 unspecified atom stereocenters. The van der Waals surface area contributed by atoms with Crippen molar-refractivity contribution in [2.45, 2.75) is 26.3 Å². The van der Waals surface area contributed by atoms with Crippen LogP contribution in [0.15, 0.2) is 23.3 Å². The van der Waals surface area contributed by atoms with Gasteiger partial charge in [-0.2, -0.15) is 0 Å². The summed E-state index contributed by atoms with van der Waals surface area (Å²) in [4.78, 5) is 8.21. The zero-order valence-corrected chi connectivity index (χ0v) is 9.20. The molecule has 0 aliphatic rings. The molecule has 0 aliphatic carbocycles. The van der Waals surface area contributed by atoms with Gasteiger partial charge in [0.1, 0.15) is 5.69 Å². The highest BCUT2D eigenvalue weighted by Gasteiger charge is 2.11. The minimum atomic E-state index is 0.0410. The molecule has 1 aromatic rings. The summed E-state index contributed by atoms with van der Waals surface area (Å²) in [6.07, 6.45) is 3.53. The molecule has 76 valence electrons. The Hall–Kier alpha value is -1.38. The Labute approximate surface area is 85.3 Å². The fourth-order valence-corrected chi connectivity index (χ4v) is 1.15. The van der Waals surface area contributed by atoms with Gasteiger partial charge in [-0.15, -0.1) is 0 Å². The van der Waals surface area contributed by atoms with Gasteiger partial charge in [-0.05, 0) is 32.9 Å². The maximum Gasteiger partial charge on any atom is 0.104 e. The average molecular weight is 191 g/mol. The lowest BCUT2D eigenvalue weighted by Gasteiger charge is -2.22. The van der Waals surface area contributed by atoms with Crippen LogP contribution in [0, 0.1) is 0 Å². The highest BCUT2D eigenvalue weighted by molar-refractivity contribution is 5.85. The van der Waals surface area contributed by atoms with Gasteiger partial charge in [0, 0.05) is 25.0 Å². The number of anilines is 1. The predicted octanol–water partition coefficient (Wildman–Crippen LogP) is 2.34. The molecule has 0 aromatic carbocycles. The number of hydrogen-bond donors (Lipinski definition) is 1. The maximum absolute atomic E-state index is 4.24. The number of rotatable bonds is 2. The Morgan fingerprint density at radius 1 is 1.43 bits per heavy atom. The Bertz CT molecular complexity index is 324. The fourth-order valence-electron chi connectivity index (χ4n) is 1.15. The second-order valence-corrected chi connectivity index (χ2v) is 4.20. The quantitative estimate of drug-likeness (QED) is 0.728.